The standard InChI is InChI=1S/C13H23N3O4/c1-4-13(11(18)19)6-7-16(8-13)9(3)10(17)15-12(20)14-5-2/h9H,4-8H2,1-3H3,(H,18,19)(H2,14,15,17,20). The molecule has 1 saturated heterocycles. The second kappa shape index (κ2) is 6.69. The Kier molecular flexibility index (Phi) is 5.50. The molecule has 1 aliphatic heterocycles. The van der Waals surface area contributed by atoms with E-state index in [0.29, 0.717) is 32.5 Å². The summed E-state index contributed by atoms with van der Waals surface area (Å²) in [5.74, 6) is -1.23. The Bertz CT molecular complexity index is 399. The number of imide groups is 1. The lowest BCUT2D eigenvalue weighted by molar-refractivity contribution is -0.148. The van der Waals surface area contributed by atoms with Gasteiger partial charge in [-0.15, -0.1) is 0 Å². The van der Waals surface area contributed by atoms with Crippen molar-refractivity contribution in [3.63, 3.8) is 0 Å². The van der Waals surface area contributed by atoms with E-state index in [1.165, 1.54) is 0 Å². The fourth-order valence-electron chi connectivity index (χ4n) is 2.44. The number of nitrogens with one attached hydrogen (secondary N) is 2. The summed E-state index contributed by atoms with van der Waals surface area (Å²) in [6.45, 7) is 6.61. The molecule has 0 aromatic carbocycles. The molecular formula is C13H23N3O4. The number of rotatable bonds is 5. The van der Waals surface area contributed by atoms with Crippen LogP contribution in [0.5, 0.6) is 0 Å². The van der Waals surface area contributed by atoms with Crippen LogP contribution in [0.2, 0.25) is 0 Å². The molecule has 0 aliphatic carbocycles. The first-order chi connectivity index (χ1) is 9.36. The molecule has 7 nitrogen and oxygen atoms in total. The van der Waals surface area contributed by atoms with E-state index in [0.717, 1.165) is 0 Å². The van der Waals surface area contributed by atoms with E-state index in [1.807, 2.05) is 11.8 Å². The van der Waals surface area contributed by atoms with Crippen molar-refractivity contribution in [2.75, 3.05) is 19.6 Å². The summed E-state index contributed by atoms with van der Waals surface area (Å²) >= 11 is 0. The Morgan fingerprint density at radius 3 is 2.45 bits per heavy atom. The molecule has 0 aromatic heterocycles. The van der Waals surface area contributed by atoms with E-state index in [9.17, 15) is 19.5 Å². The van der Waals surface area contributed by atoms with Crippen molar-refractivity contribution in [2.45, 2.75) is 39.7 Å². The van der Waals surface area contributed by atoms with Crippen LogP contribution in [0.4, 0.5) is 4.79 Å². The number of likely N-dealkylation sites (tertiary alicyclic amines) is 1. The van der Waals surface area contributed by atoms with Gasteiger partial charge < -0.3 is 10.4 Å². The lowest BCUT2D eigenvalue weighted by Gasteiger charge is -2.26. The first-order valence-electron chi connectivity index (χ1n) is 6.92. The minimum Gasteiger partial charge on any atom is -0.481 e. The van der Waals surface area contributed by atoms with Crippen molar-refractivity contribution in [2.24, 2.45) is 5.41 Å². The molecule has 0 bridgehead atoms. The fraction of sp³-hybridized carbons (Fsp3) is 0.769. The highest BCUT2D eigenvalue weighted by molar-refractivity contribution is 5.96. The van der Waals surface area contributed by atoms with E-state index in [1.54, 1.807) is 13.8 Å². The lowest BCUT2D eigenvalue weighted by Crippen LogP contribution is -2.49. The molecule has 3 N–H and O–H groups in total. The zero-order valence-electron chi connectivity index (χ0n) is 12.2. The SMILES string of the molecule is CCNC(=O)NC(=O)C(C)N1CCC(CC)(C(=O)O)C1. The van der Waals surface area contributed by atoms with Gasteiger partial charge in [-0.2, -0.15) is 0 Å². The predicted octanol–water partition coefficient (Wildman–Crippen LogP) is 0.407. The van der Waals surface area contributed by atoms with Gasteiger partial charge in [0.15, 0.2) is 0 Å². The summed E-state index contributed by atoms with van der Waals surface area (Å²) in [6, 6.07) is -1.05. The number of hydrogen-bond donors (Lipinski definition) is 3. The summed E-state index contributed by atoms with van der Waals surface area (Å²) in [6.07, 6.45) is 1.06. The van der Waals surface area contributed by atoms with Gasteiger partial charge in [0.2, 0.25) is 5.91 Å². The highest BCUT2D eigenvalue weighted by Gasteiger charge is 2.45. The Morgan fingerprint density at radius 1 is 1.35 bits per heavy atom. The van der Waals surface area contributed by atoms with Crippen LogP contribution < -0.4 is 10.6 Å². The summed E-state index contributed by atoms with van der Waals surface area (Å²) < 4.78 is 0. The van der Waals surface area contributed by atoms with Crippen LogP contribution in [0.3, 0.4) is 0 Å². The second-order valence-corrected chi connectivity index (χ2v) is 5.18. The number of carbonyl (C=O) groups excluding carboxylic acids is 2. The van der Waals surface area contributed by atoms with Crippen LogP contribution in [0.15, 0.2) is 0 Å². The highest BCUT2D eigenvalue weighted by Crippen LogP contribution is 2.35. The monoisotopic (exact) mass is 285 g/mol. The molecule has 3 amide bonds. The molecule has 0 radical (unpaired) electrons. The molecule has 0 spiro atoms. The number of hydrogen-bond acceptors (Lipinski definition) is 4. The third-order valence-corrected chi connectivity index (χ3v) is 4.02. The maximum absolute atomic E-state index is 11.9. The Morgan fingerprint density at radius 2 is 2.00 bits per heavy atom. The second-order valence-electron chi connectivity index (χ2n) is 5.18. The third kappa shape index (κ3) is 3.47. The summed E-state index contributed by atoms with van der Waals surface area (Å²) in [4.78, 5) is 36.4. The van der Waals surface area contributed by atoms with Gasteiger partial charge >= 0.3 is 12.0 Å². The summed E-state index contributed by atoms with van der Waals surface area (Å²) in [5, 5.41) is 14.1. The molecule has 7 heteroatoms. The van der Waals surface area contributed by atoms with Crippen molar-refractivity contribution in [1.29, 1.82) is 0 Å². The van der Waals surface area contributed by atoms with Crippen LogP contribution >= 0.6 is 0 Å². The molecule has 1 fully saturated rings. The Hall–Kier alpha value is -1.63. The molecule has 0 saturated carbocycles. The van der Waals surface area contributed by atoms with E-state index in [4.69, 9.17) is 0 Å². The quantitative estimate of drug-likeness (QED) is 0.679. The largest absolute Gasteiger partial charge is 0.481 e. The van der Waals surface area contributed by atoms with E-state index < -0.39 is 29.4 Å². The van der Waals surface area contributed by atoms with Crippen molar-refractivity contribution < 1.29 is 19.5 Å². The molecule has 0 aromatic rings. The van der Waals surface area contributed by atoms with Gasteiger partial charge in [-0.25, -0.2) is 4.79 Å². The molecule has 2 atom stereocenters. The molecule has 1 rings (SSSR count). The Balaban J connectivity index is 2.61. The topological polar surface area (TPSA) is 98.7 Å². The van der Waals surface area contributed by atoms with Gasteiger partial charge in [0.25, 0.3) is 0 Å². The normalized spacial score (nSPS) is 24.1. The van der Waals surface area contributed by atoms with Crippen molar-refractivity contribution in [3.05, 3.63) is 0 Å². The zero-order chi connectivity index (χ0) is 15.3. The first-order valence-corrected chi connectivity index (χ1v) is 6.92. The summed E-state index contributed by atoms with van der Waals surface area (Å²) in [7, 11) is 0. The van der Waals surface area contributed by atoms with Crippen LogP contribution in [0.25, 0.3) is 0 Å². The average molecular weight is 285 g/mol. The molecular weight excluding hydrogens is 262 g/mol. The maximum Gasteiger partial charge on any atom is 0.321 e. The molecule has 20 heavy (non-hydrogen) atoms. The average Bonchev–Trinajstić information content (AvgIpc) is 2.83. The van der Waals surface area contributed by atoms with Gasteiger partial charge in [0, 0.05) is 19.6 Å². The molecule has 1 aliphatic rings. The summed E-state index contributed by atoms with van der Waals surface area (Å²) in [5.41, 5.74) is -0.778. The molecule has 2 unspecified atom stereocenters. The number of amides is 3. The van der Waals surface area contributed by atoms with Crippen LogP contribution in [-0.4, -0.2) is 53.6 Å². The smallest absolute Gasteiger partial charge is 0.321 e. The Labute approximate surface area is 118 Å². The first kappa shape index (κ1) is 16.4. The van der Waals surface area contributed by atoms with E-state index >= 15 is 0 Å². The van der Waals surface area contributed by atoms with Gasteiger partial charge in [0.05, 0.1) is 11.5 Å². The lowest BCUT2D eigenvalue weighted by atomic mass is 9.84. The van der Waals surface area contributed by atoms with E-state index in [2.05, 4.69) is 10.6 Å². The van der Waals surface area contributed by atoms with Gasteiger partial charge in [-0.1, -0.05) is 6.92 Å². The predicted molar refractivity (Wildman–Crippen MR) is 73.2 cm³/mol. The third-order valence-electron chi connectivity index (χ3n) is 4.02. The minimum absolute atomic E-state index is 0.336. The molecule has 114 valence electrons. The number of carboxylic acid groups (broad SMARTS) is 1. The number of carbonyl (C=O) groups is 3. The number of nitrogens with zero attached hydrogens (tertiary/aromatic N) is 1. The van der Waals surface area contributed by atoms with E-state index in [-0.39, 0.29) is 0 Å². The minimum atomic E-state index is -0.821. The zero-order valence-corrected chi connectivity index (χ0v) is 12.2. The number of aliphatic carboxylic acids is 1. The van der Waals surface area contributed by atoms with Crippen molar-refractivity contribution in [3.8, 4) is 0 Å². The van der Waals surface area contributed by atoms with Crippen LogP contribution in [-0.2, 0) is 9.59 Å². The highest BCUT2D eigenvalue weighted by atomic mass is 16.4. The van der Waals surface area contributed by atoms with Crippen LogP contribution in [0, 0.1) is 5.41 Å². The van der Waals surface area contributed by atoms with Crippen molar-refractivity contribution in [1.82, 2.24) is 15.5 Å². The van der Waals surface area contributed by atoms with Crippen LogP contribution in [0.1, 0.15) is 33.6 Å². The van der Waals surface area contributed by atoms with Gasteiger partial charge in [-0.05, 0) is 26.7 Å². The van der Waals surface area contributed by atoms with Gasteiger partial charge in [0.1, 0.15) is 0 Å². The fourth-order valence-corrected chi connectivity index (χ4v) is 2.44. The molecule has 1 heterocycles. The number of carboxylic acids is 1. The van der Waals surface area contributed by atoms with Crippen molar-refractivity contribution >= 4 is 17.9 Å². The number of urea groups is 1. The maximum atomic E-state index is 11.9. The van der Waals surface area contributed by atoms with Gasteiger partial charge in [-0.3, -0.25) is 19.8 Å².